The summed E-state index contributed by atoms with van der Waals surface area (Å²) in [5, 5.41) is 9.20. The van der Waals surface area contributed by atoms with Crippen LogP contribution in [-0.4, -0.2) is 38.7 Å². The summed E-state index contributed by atoms with van der Waals surface area (Å²) in [6.07, 6.45) is 0. The third-order valence-electron chi connectivity index (χ3n) is 3.54. The monoisotopic (exact) mass is 317 g/mol. The summed E-state index contributed by atoms with van der Waals surface area (Å²) in [6.45, 7) is 1.39. The van der Waals surface area contributed by atoms with Crippen LogP contribution in [0.1, 0.15) is 12.5 Å². The average Bonchev–Trinajstić information content (AvgIpc) is 2.74. The van der Waals surface area contributed by atoms with E-state index in [9.17, 15) is 22.7 Å². The van der Waals surface area contributed by atoms with Gasteiger partial charge in [-0.2, -0.15) is 0 Å². The first-order valence-electron chi connectivity index (χ1n) is 6.28. The van der Waals surface area contributed by atoms with Gasteiger partial charge >= 0.3 is 5.97 Å². The predicted molar refractivity (Wildman–Crippen MR) is 72.5 cm³/mol. The van der Waals surface area contributed by atoms with E-state index < -0.39 is 33.3 Å². The molecule has 2 unspecified atom stereocenters. The number of hydrogen-bond acceptors (Lipinski definition) is 4. The van der Waals surface area contributed by atoms with E-state index in [0.29, 0.717) is 5.56 Å². The standard InChI is InChI=1S/C13H16FNO5S/c1-13(12(16)17)8-20-6-11(13)15-21(18,19)7-9-2-4-10(14)5-3-9/h2-5,11,15H,6-8H2,1H3,(H,16,17). The summed E-state index contributed by atoms with van der Waals surface area (Å²) < 4.78 is 44.4. The van der Waals surface area contributed by atoms with Crippen LogP contribution in [-0.2, 0) is 25.3 Å². The Morgan fingerprint density at radius 2 is 2.10 bits per heavy atom. The molecule has 6 nitrogen and oxygen atoms in total. The summed E-state index contributed by atoms with van der Waals surface area (Å²) in [6, 6.07) is 4.25. The number of hydrogen-bond donors (Lipinski definition) is 2. The molecule has 1 aromatic carbocycles. The molecular weight excluding hydrogens is 301 g/mol. The molecule has 2 atom stereocenters. The van der Waals surface area contributed by atoms with Gasteiger partial charge in [0.25, 0.3) is 0 Å². The normalized spacial score (nSPS) is 25.9. The van der Waals surface area contributed by atoms with Gasteiger partial charge in [0, 0.05) is 0 Å². The molecule has 0 spiro atoms. The summed E-state index contributed by atoms with van der Waals surface area (Å²) >= 11 is 0. The summed E-state index contributed by atoms with van der Waals surface area (Å²) in [5.41, 5.74) is -0.879. The fourth-order valence-electron chi connectivity index (χ4n) is 2.11. The van der Waals surface area contributed by atoms with Crippen LogP contribution in [0.3, 0.4) is 0 Å². The lowest BCUT2D eigenvalue weighted by atomic mass is 9.86. The predicted octanol–water partition coefficient (Wildman–Crippen LogP) is 0.735. The van der Waals surface area contributed by atoms with Crippen molar-refractivity contribution >= 4 is 16.0 Å². The zero-order valence-electron chi connectivity index (χ0n) is 11.4. The third kappa shape index (κ3) is 3.58. The number of halogens is 1. The topological polar surface area (TPSA) is 92.7 Å². The highest BCUT2D eigenvalue weighted by Gasteiger charge is 2.48. The van der Waals surface area contributed by atoms with Crippen LogP contribution >= 0.6 is 0 Å². The van der Waals surface area contributed by atoms with Gasteiger partial charge in [0.05, 0.1) is 25.0 Å². The van der Waals surface area contributed by atoms with Crippen molar-refractivity contribution in [2.45, 2.75) is 18.7 Å². The van der Waals surface area contributed by atoms with Crippen molar-refractivity contribution in [1.82, 2.24) is 4.72 Å². The largest absolute Gasteiger partial charge is 0.481 e. The van der Waals surface area contributed by atoms with E-state index in [2.05, 4.69) is 4.72 Å². The molecule has 2 rings (SSSR count). The highest BCUT2D eigenvalue weighted by Crippen LogP contribution is 2.29. The maximum atomic E-state index is 12.8. The third-order valence-corrected chi connectivity index (χ3v) is 4.89. The van der Waals surface area contributed by atoms with Crippen molar-refractivity contribution in [3.05, 3.63) is 35.6 Å². The zero-order valence-corrected chi connectivity index (χ0v) is 12.2. The van der Waals surface area contributed by atoms with Crippen LogP contribution in [0.2, 0.25) is 0 Å². The van der Waals surface area contributed by atoms with Crippen LogP contribution in [0, 0.1) is 11.2 Å². The first-order chi connectivity index (χ1) is 9.73. The maximum absolute atomic E-state index is 12.8. The molecule has 0 radical (unpaired) electrons. The van der Waals surface area contributed by atoms with E-state index in [1.165, 1.54) is 31.2 Å². The van der Waals surface area contributed by atoms with E-state index >= 15 is 0 Å². The fourth-order valence-corrected chi connectivity index (χ4v) is 3.58. The Balaban J connectivity index is 2.10. The Hall–Kier alpha value is -1.51. The second-order valence-electron chi connectivity index (χ2n) is 5.29. The Kier molecular flexibility index (Phi) is 4.31. The van der Waals surface area contributed by atoms with Crippen molar-refractivity contribution < 1.29 is 27.4 Å². The number of rotatable bonds is 5. The molecule has 1 aliphatic rings. The van der Waals surface area contributed by atoms with Gasteiger partial charge in [-0.3, -0.25) is 4.79 Å². The second kappa shape index (κ2) is 5.70. The molecule has 116 valence electrons. The van der Waals surface area contributed by atoms with Gasteiger partial charge in [-0.05, 0) is 24.6 Å². The number of sulfonamides is 1. The molecule has 0 aliphatic carbocycles. The molecule has 1 saturated heterocycles. The molecular formula is C13H16FNO5S. The Morgan fingerprint density at radius 1 is 1.48 bits per heavy atom. The highest BCUT2D eigenvalue weighted by molar-refractivity contribution is 7.88. The van der Waals surface area contributed by atoms with E-state index in [1.807, 2.05) is 0 Å². The van der Waals surface area contributed by atoms with Crippen LogP contribution in [0.15, 0.2) is 24.3 Å². The number of carboxylic acid groups (broad SMARTS) is 1. The highest BCUT2D eigenvalue weighted by atomic mass is 32.2. The number of aliphatic carboxylic acids is 1. The van der Waals surface area contributed by atoms with E-state index in [-0.39, 0.29) is 19.0 Å². The van der Waals surface area contributed by atoms with Crippen molar-refractivity contribution in [1.29, 1.82) is 0 Å². The average molecular weight is 317 g/mol. The van der Waals surface area contributed by atoms with Gasteiger partial charge in [0.15, 0.2) is 0 Å². The number of carbonyl (C=O) groups is 1. The van der Waals surface area contributed by atoms with Gasteiger partial charge in [0.1, 0.15) is 11.2 Å². The Morgan fingerprint density at radius 3 is 2.67 bits per heavy atom. The van der Waals surface area contributed by atoms with E-state index in [4.69, 9.17) is 4.74 Å². The summed E-state index contributed by atoms with van der Waals surface area (Å²) in [5.74, 6) is -1.92. The van der Waals surface area contributed by atoms with Crippen LogP contribution in [0.25, 0.3) is 0 Å². The first-order valence-corrected chi connectivity index (χ1v) is 7.94. The van der Waals surface area contributed by atoms with E-state index in [0.717, 1.165) is 0 Å². The van der Waals surface area contributed by atoms with Crippen molar-refractivity contribution in [2.24, 2.45) is 5.41 Å². The minimum atomic E-state index is -3.75. The molecule has 8 heteroatoms. The molecule has 0 amide bonds. The molecule has 21 heavy (non-hydrogen) atoms. The molecule has 2 N–H and O–H groups in total. The smallest absolute Gasteiger partial charge is 0.313 e. The fraction of sp³-hybridized carbons (Fsp3) is 0.462. The van der Waals surface area contributed by atoms with Crippen LogP contribution in [0.5, 0.6) is 0 Å². The van der Waals surface area contributed by atoms with Gasteiger partial charge in [-0.25, -0.2) is 17.5 Å². The quantitative estimate of drug-likeness (QED) is 0.835. The molecule has 1 aliphatic heterocycles. The Labute approximate surface area is 122 Å². The molecule has 1 fully saturated rings. The lowest BCUT2D eigenvalue weighted by Gasteiger charge is -2.25. The van der Waals surface area contributed by atoms with Crippen LogP contribution < -0.4 is 4.72 Å². The maximum Gasteiger partial charge on any atom is 0.313 e. The van der Waals surface area contributed by atoms with Crippen molar-refractivity contribution in [3.63, 3.8) is 0 Å². The molecule has 1 aromatic rings. The number of ether oxygens (including phenoxy) is 1. The summed E-state index contributed by atoms with van der Waals surface area (Å²) in [4.78, 5) is 11.3. The minimum Gasteiger partial charge on any atom is -0.481 e. The SMILES string of the molecule is CC1(C(=O)O)COCC1NS(=O)(=O)Cc1ccc(F)cc1. The van der Waals surface area contributed by atoms with Crippen LogP contribution in [0.4, 0.5) is 4.39 Å². The minimum absolute atomic E-state index is 0.00540. The first kappa shape index (κ1) is 15.9. The lowest BCUT2D eigenvalue weighted by molar-refractivity contribution is -0.148. The van der Waals surface area contributed by atoms with Crippen molar-refractivity contribution in [2.75, 3.05) is 13.2 Å². The zero-order chi connectivity index (χ0) is 15.7. The molecule has 1 heterocycles. The summed E-state index contributed by atoms with van der Waals surface area (Å²) in [7, 11) is -3.75. The van der Waals surface area contributed by atoms with Gasteiger partial charge in [-0.1, -0.05) is 12.1 Å². The van der Waals surface area contributed by atoms with Gasteiger partial charge < -0.3 is 9.84 Å². The number of benzene rings is 1. The molecule has 0 bridgehead atoms. The van der Waals surface area contributed by atoms with Gasteiger partial charge in [-0.15, -0.1) is 0 Å². The number of carboxylic acids is 1. The molecule has 0 aromatic heterocycles. The number of nitrogens with one attached hydrogen (secondary N) is 1. The van der Waals surface area contributed by atoms with E-state index in [1.54, 1.807) is 0 Å². The molecule has 0 saturated carbocycles. The second-order valence-corrected chi connectivity index (χ2v) is 7.05. The Bertz CT molecular complexity index is 630. The lowest BCUT2D eigenvalue weighted by Crippen LogP contribution is -2.49. The van der Waals surface area contributed by atoms with Gasteiger partial charge in [0.2, 0.25) is 10.0 Å². The van der Waals surface area contributed by atoms with Crippen molar-refractivity contribution in [3.8, 4) is 0 Å².